The van der Waals surface area contributed by atoms with Gasteiger partial charge in [0.1, 0.15) is 0 Å². The summed E-state index contributed by atoms with van der Waals surface area (Å²) in [5, 5.41) is 2.90. The Balaban J connectivity index is 2.00. The molecule has 2 atom stereocenters. The van der Waals surface area contributed by atoms with E-state index in [1.165, 1.54) is 0 Å². The van der Waals surface area contributed by atoms with Crippen molar-refractivity contribution in [2.24, 2.45) is 0 Å². The lowest BCUT2D eigenvalue weighted by molar-refractivity contribution is 0.0816. The first-order chi connectivity index (χ1) is 8.97. The van der Waals surface area contributed by atoms with Crippen molar-refractivity contribution in [3.63, 3.8) is 0 Å². The third kappa shape index (κ3) is 3.17. The molecule has 0 radical (unpaired) electrons. The van der Waals surface area contributed by atoms with E-state index in [0.29, 0.717) is 17.8 Å². The van der Waals surface area contributed by atoms with E-state index in [1.54, 1.807) is 12.1 Å². The third-order valence-electron chi connectivity index (χ3n) is 3.78. The highest BCUT2D eigenvalue weighted by Crippen LogP contribution is 2.16. The quantitative estimate of drug-likeness (QED) is 0.759. The monoisotopic (exact) mass is 262 g/mol. The van der Waals surface area contributed by atoms with E-state index >= 15 is 0 Å². The van der Waals surface area contributed by atoms with Gasteiger partial charge < -0.3 is 16.0 Å². The van der Waals surface area contributed by atoms with Crippen LogP contribution in [-0.4, -0.2) is 48.1 Å². The maximum Gasteiger partial charge on any atom is 0.321 e. The molecule has 2 unspecified atom stereocenters. The maximum absolute atomic E-state index is 12.2. The summed E-state index contributed by atoms with van der Waals surface area (Å²) in [4.78, 5) is 16.4. The SMILES string of the molecule is CC1CN(C(=O)Nc2cccc(N)c2)CC(C)N1C. The number of nitrogens with one attached hydrogen (secondary N) is 1. The predicted molar refractivity (Wildman–Crippen MR) is 78.1 cm³/mol. The van der Waals surface area contributed by atoms with Gasteiger partial charge in [0.2, 0.25) is 0 Å². The third-order valence-corrected chi connectivity index (χ3v) is 3.78. The number of piperazine rings is 1. The van der Waals surface area contributed by atoms with Crippen LogP contribution in [0.5, 0.6) is 0 Å². The smallest absolute Gasteiger partial charge is 0.321 e. The first kappa shape index (κ1) is 13.7. The molecule has 2 rings (SSSR count). The van der Waals surface area contributed by atoms with Crippen molar-refractivity contribution in [3.8, 4) is 0 Å². The second-order valence-corrected chi connectivity index (χ2v) is 5.32. The Morgan fingerprint density at radius 1 is 1.32 bits per heavy atom. The Morgan fingerprint density at radius 3 is 2.53 bits per heavy atom. The van der Waals surface area contributed by atoms with Crippen LogP contribution < -0.4 is 11.1 Å². The standard InChI is InChI=1S/C14H22N4O/c1-10-8-18(9-11(2)17(10)3)14(19)16-13-6-4-5-12(15)7-13/h4-7,10-11H,8-9,15H2,1-3H3,(H,16,19). The molecule has 1 aliphatic heterocycles. The molecule has 0 aromatic heterocycles. The van der Waals surface area contributed by atoms with Gasteiger partial charge in [-0.2, -0.15) is 0 Å². The van der Waals surface area contributed by atoms with Crippen LogP contribution in [0.25, 0.3) is 0 Å². The number of carbonyl (C=O) groups is 1. The van der Waals surface area contributed by atoms with Gasteiger partial charge in [0.15, 0.2) is 0 Å². The van der Waals surface area contributed by atoms with Crippen molar-refractivity contribution in [1.82, 2.24) is 9.80 Å². The number of urea groups is 1. The molecule has 104 valence electrons. The Bertz CT molecular complexity index is 451. The second kappa shape index (κ2) is 5.48. The molecule has 2 amide bonds. The number of nitrogens with zero attached hydrogens (tertiary/aromatic N) is 2. The topological polar surface area (TPSA) is 61.6 Å². The number of likely N-dealkylation sites (N-methyl/N-ethyl adjacent to an activating group) is 1. The average molecular weight is 262 g/mol. The summed E-state index contributed by atoms with van der Waals surface area (Å²) >= 11 is 0. The van der Waals surface area contributed by atoms with Gasteiger partial charge in [0.25, 0.3) is 0 Å². The van der Waals surface area contributed by atoms with Crippen LogP contribution in [0.1, 0.15) is 13.8 Å². The van der Waals surface area contributed by atoms with E-state index in [2.05, 4.69) is 31.1 Å². The van der Waals surface area contributed by atoms with Crippen LogP contribution in [0, 0.1) is 0 Å². The molecule has 5 heteroatoms. The van der Waals surface area contributed by atoms with E-state index in [4.69, 9.17) is 5.73 Å². The minimum atomic E-state index is -0.0580. The molecule has 3 N–H and O–H groups in total. The van der Waals surface area contributed by atoms with Crippen LogP contribution in [0.3, 0.4) is 0 Å². The second-order valence-electron chi connectivity index (χ2n) is 5.32. The summed E-state index contributed by atoms with van der Waals surface area (Å²) in [7, 11) is 2.10. The van der Waals surface area contributed by atoms with Crippen LogP contribution in [0.15, 0.2) is 24.3 Å². The zero-order valence-corrected chi connectivity index (χ0v) is 11.8. The lowest BCUT2D eigenvalue weighted by Crippen LogP contribution is -2.57. The molecule has 0 aliphatic carbocycles. The van der Waals surface area contributed by atoms with Crippen LogP contribution >= 0.6 is 0 Å². The zero-order valence-electron chi connectivity index (χ0n) is 11.8. The number of anilines is 2. The highest BCUT2D eigenvalue weighted by atomic mass is 16.2. The molecular weight excluding hydrogens is 240 g/mol. The van der Waals surface area contributed by atoms with Gasteiger partial charge in [-0.05, 0) is 39.1 Å². The Hall–Kier alpha value is -1.75. The van der Waals surface area contributed by atoms with Gasteiger partial charge in [-0.15, -0.1) is 0 Å². The van der Waals surface area contributed by atoms with Crippen molar-refractivity contribution in [1.29, 1.82) is 0 Å². The number of carbonyl (C=O) groups excluding carboxylic acids is 1. The normalized spacial score (nSPS) is 24.3. The van der Waals surface area contributed by atoms with Crippen molar-refractivity contribution >= 4 is 17.4 Å². The summed E-state index contributed by atoms with van der Waals surface area (Å²) in [6.07, 6.45) is 0. The molecule has 0 spiro atoms. The number of rotatable bonds is 1. The van der Waals surface area contributed by atoms with Gasteiger partial charge >= 0.3 is 6.03 Å². The van der Waals surface area contributed by atoms with Gasteiger partial charge in [0.05, 0.1) is 0 Å². The lowest BCUT2D eigenvalue weighted by Gasteiger charge is -2.42. The summed E-state index contributed by atoms with van der Waals surface area (Å²) in [5.41, 5.74) is 7.09. The van der Waals surface area contributed by atoms with E-state index in [-0.39, 0.29) is 6.03 Å². The molecule has 0 bridgehead atoms. The lowest BCUT2D eigenvalue weighted by atomic mass is 10.1. The molecule has 1 aromatic rings. The van der Waals surface area contributed by atoms with Crippen molar-refractivity contribution in [3.05, 3.63) is 24.3 Å². The zero-order chi connectivity index (χ0) is 14.0. The minimum absolute atomic E-state index is 0.0580. The van der Waals surface area contributed by atoms with Crippen LogP contribution in [0.4, 0.5) is 16.2 Å². The fraction of sp³-hybridized carbons (Fsp3) is 0.500. The number of nitrogen functional groups attached to an aromatic ring is 1. The molecule has 1 aromatic carbocycles. The summed E-state index contributed by atoms with van der Waals surface area (Å²) in [5.74, 6) is 0. The highest BCUT2D eigenvalue weighted by molar-refractivity contribution is 5.89. The fourth-order valence-electron chi connectivity index (χ4n) is 2.39. The summed E-state index contributed by atoms with van der Waals surface area (Å²) in [6, 6.07) is 7.93. The largest absolute Gasteiger partial charge is 0.399 e. The van der Waals surface area contributed by atoms with E-state index < -0.39 is 0 Å². The van der Waals surface area contributed by atoms with E-state index in [9.17, 15) is 4.79 Å². The number of hydrogen-bond acceptors (Lipinski definition) is 3. The molecule has 5 nitrogen and oxygen atoms in total. The fourth-order valence-corrected chi connectivity index (χ4v) is 2.39. The number of hydrogen-bond donors (Lipinski definition) is 2. The van der Waals surface area contributed by atoms with E-state index in [1.807, 2.05) is 17.0 Å². The van der Waals surface area contributed by atoms with Gasteiger partial charge in [-0.25, -0.2) is 4.79 Å². The average Bonchev–Trinajstić information content (AvgIpc) is 2.35. The Morgan fingerprint density at radius 2 is 1.95 bits per heavy atom. The maximum atomic E-state index is 12.2. The predicted octanol–water partition coefficient (Wildman–Crippen LogP) is 1.83. The Labute approximate surface area is 114 Å². The van der Waals surface area contributed by atoms with E-state index in [0.717, 1.165) is 18.8 Å². The van der Waals surface area contributed by atoms with Crippen molar-refractivity contribution in [2.75, 3.05) is 31.2 Å². The van der Waals surface area contributed by atoms with Crippen molar-refractivity contribution < 1.29 is 4.79 Å². The summed E-state index contributed by atoms with van der Waals surface area (Å²) < 4.78 is 0. The summed E-state index contributed by atoms with van der Waals surface area (Å²) in [6.45, 7) is 5.76. The first-order valence-corrected chi connectivity index (χ1v) is 6.61. The van der Waals surface area contributed by atoms with Gasteiger partial charge in [-0.3, -0.25) is 4.90 Å². The minimum Gasteiger partial charge on any atom is -0.399 e. The number of benzene rings is 1. The molecule has 1 fully saturated rings. The van der Waals surface area contributed by atoms with Gasteiger partial charge in [-0.1, -0.05) is 6.07 Å². The van der Waals surface area contributed by atoms with Crippen LogP contribution in [0.2, 0.25) is 0 Å². The molecule has 19 heavy (non-hydrogen) atoms. The van der Waals surface area contributed by atoms with Crippen LogP contribution in [-0.2, 0) is 0 Å². The van der Waals surface area contributed by atoms with Crippen molar-refractivity contribution in [2.45, 2.75) is 25.9 Å². The number of amides is 2. The highest BCUT2D eigenvalue weighted by Gasteiger charge is 2.29. The molecule has 1 saturated heterocycles. The Kier molecular flexibility index (Phi) is 3.95. The molecule has 1 heterocycles. The molecular formula is C14H22N4O. The van der Waals surface area contributed by atoms with Gasteiger partial charge in [0, 0.05) is 36.5 Å². The first-order valence-electron chi connectivity index (χ1n) is 6.61. The molecule has 0 saturated carbocycles. The number of nitrogens with two attached hydrogens (primary N) is 1. The molecule has 1 aliphatic rings.